The molecule has 0 aromatic carbocycles. The van der Waals surface area contributed by atoms with Gasteiger partial charge in [-0.15, -0.1) is 0 Å². The Balaban J connectivity index is 1.72. The molecule has 2 aliphatic rings. The predicted octanol–water partition coefficient (Wildman–Crippen LogP) is 0.899. The minimum absolute atomic E-state index is 0.321. The van der Waals surface area contributed by atoms with Crippen LogP contribution in [0, 0.1) is 5.92 Å². The quantitative estimate of drug-likeness (QED) is 0.730. The predicted molar refractivity (Wildman–Crippen MR) is 84.4 cm³/mol. The van der Waals surface area contributed by atoms with Crippen molar-refractivity contribution in [1.82, 2.24) is 14.7 Å². The number of rotatable bonds is 6. The molecule has 5 nitrogen and oxygen atoms in total. The van der Waals surface area contributed by atoms with Crippen molar-refractivity contribution in [2.45, 2.75) is 26.2 Å². The van der Waals surface area contributed by atoms with E-state index < -0.39 is 0 Å². The number of nitrogens with zero attached hydrogens (tertiary/aromatic N) is 3. The van der Waals surface area contributed by atoms with E-state index in [2.05, 4.69) is 21.6 Å². The summed E-state index contributed by atoms with van der Waals surface area (Å²) in [5.41, 5.74) is 0. The highest BCUT2D eigenvalue weighted by Crippen LogP contribution is 2.20. The lowest BCUT2D eigenvalue weighted by molar-refractivity contribution is -0.134. The lowest BCUT2D eigenvalue weighted by Gasteiger charge is -2.37. The van der Waals surface area contributed by atoms with E-state index in [4.69, 9.17) is 4.74 Å². The van der Waals surface area contributed by atoms with Crippen molar-refractivity contribution >= 4 is 5.91 Å². The van der Waals surface area contributed by atoms with Gasteiger partial charge in [-0.2, -0.15) is 0 Å². The Hall–Kier alpha value is -0.650. The molecule has 0 radical (unpaired) electrons. The summed E-state index contributed by atoms with van der Waals surface area (Å²) in [5, 5.41) is 0. The van der Waals surface area contributed by atoms with Crippen LogP contribution in [0.3, 0.4) is 0 Å². The summed E-state index contributed by atoms with van der Waals surface area (Å²) in [6.45, 7) is 10.9. The number of likely N-dealkylation sites (N-methyl/N-ethyl adjacent to an activating group) is 1. The van der Waals surface area contributed by atoms with Gasteiger partial charge in [-0.05, 0) is 31.7 Å². The molecule has 1 atom stereocenters. The number of carbonyl (C=O) groups is 1. The maximum absolute atomic E-state index is 12.5. The van der Waals surface area contributed by atoms with Gasteiger partial charge in [0, 0.05) is 53.0 Å². The maximum atomic E-state index is 12.5. The first-order valence-electron chi connectivity index (χ1n) is 8.44. The molecular formula is C16H31N3O2. The Kier molecular flexibility index (Phi) is 6.93. The molecule has 0 saturated carbocycles. The molecule has 0 unspecified atom stereocenters. The number of piperazine rings is 1. The zero-order valence-corrected chi connectivity index (χ0v) is 13.7. The summed E-state index contributed by atoms with van der Waals surface area (Å²) >= 11 is 0. The van der Waals surface area contributed by atoms with E-state index in [1.165, 1.54) is 6.42 Å². The number of hydrogen-bond acceptors (Lipinski definition) is 4. The van der Waals surface area contributed by atoms with Crippen LogP contribution < -0.4 is 0 Å². The Bertz CT molecular complexity index is 317. The van der Waals surface area contributed by atoms with Crippen LogP contribution in [0.5, 0.6) is 0 Å². The van der Waals surface area contributed by atoms with E-state index in [-0.39, 0.29) is 0 Å². The second kappa shape index (κ2) is 8.71. The zero-order chi connectivity index (χ0) is 15.1. The van der Waals surface area contributed by atoms with Crippen LogP contribution in [0.1, 0.15) is 26.2 Å². The van der Waals surface area contributed by atoms with Crippen LogP contribution in [0.25, 0.3) is 0 Å². The fourth-order valence-electron chi connectivity index (χ4n) is 3.37. The van der Waals surface area contributed by atoms with Crippen LogP contribution in [-0.2, 0) is 9.53 Å². The molecule has 0 bridgehead atoms. The van der Waals surface area contributed by atoms with Crippen molar-refractivity contribution in [3.63, 3.8) is 0 Å². The summed E-state index contributed by atoms with van der Waals surface area (Å²) in [6, 6.07) is 0. The summed E-state index contributed by atoms with van der Waals surface area (Å²) in [4.78, 5) is 19.3. The van der Waals surface area contributed by atoms with Crippen LogP contribution in [0.2, 0.25) is 0 Å². The van der Waals surface area contributed by atoms with E-state index in [9.17, 15) is 4.79 Å². The second-order valence-electron chi connectivity index (χ2n) is 6.34. The van der Waals surface area contributed by atoms with E-state index in [1.54, 1.807) is 7.11 Å². The Morgan fingerprint density at radius 3 is 2.52 bits per heavy atom. The molecule has 2 aliphatic heterocycles. The summed E-state index contributed by atoms with van der Waals surface area (Å²) in [5.74, 6) is 0.946. The van der Waals surface area contributed by atoms with E-state index in [0.717, 1.165) is 65.3 Å². The number of ether oxygens (including phenoxy) is 1. The van der Waals surface area contributed by atoms with Gasteiger partial charge in [-0.1, -0.05) is 6.92 Å². The standard InChI is InChI=1S/C16H31N3O2/c1-3-17-8-10-18(11-9-17)14-16(20)19-7-4-5-15(13-19)6-12-21-2/h15H,3-14H2,1-2H3/t15-/m1/s1. The number of likely N-dealkylation sites (tertiary alicyclic amines) is 1. The summed E-state index contributed by atoms with van der Waals surface area (Å²) in [7, 11) is 1.75. The van der Waals surface area contributed by atoms with Gasteiger partial charge in [0.2, 0.25) is 5.91 Å². The van der Waals surface area contributed by atoms with Crippen LogP contribution in [-0.4, -0.2) is 86.7 Å². The average Bonchev–Trinajstić information content (AvgIpc) is 2.54. The van der Waals surface area contributed by atoms with E-state index in [1.807, 2.05) is 0 Å². The van der Waals surface area contributed by atoms with Gasteiger partial charge in [-0.3, -0.25) is 9.69 Å². The third kappa shape index (κ3) is 5.24. The lowest BCUT2D eigenvalue weighted by atomic mass is 9.95. The second-order valence-corrected chi connectivity index (χ2v) is 6.34. The van der Waals surface area contributed by atoms with Gasteiger partial charge in [0.05, 0.1) is 6.54 Å². The van der Waals surface area contributed by atoms with Crippen molar-refractivity contribution in [3.8, 4) is 0 Å². The van der Waals surface area contributed by atoms with Crippen molar-refractivity contribution in [2.24, 2.45) is 5.92 Å². The summed E-state index contributed by atoms with van der Waals surface area (Å²) in [6.07, 6.45) is 3.46. The first-order valence-corrected chi connectivity index (χ1v) is 8.44. The van der Waals surface area contributed by atoms with Crippen molar-refractivity contribution in [1.29, 1.82) is 0 Å². The molecule has 2 saturated heterocycles. The van der Waals surface area contributed by atoms with Crippen molar-refractivity contribution < 1.29 is 9.53 Å². The molecule has 2 fully saturated rings. The number of carbonyl (C=O) groups excluding carboxylic acids is 1. The van der Waals surface area contributed by atoms with Gasteiger partial charge in [0.15, 0.2) is 0 Å². The number of amides is 1. The third-order valence-electron chi connectivity index (χ3n) is 4.87. The first-order chi connectivity index (χ1) is 10.2. The summed E-state index contributed by atoms with van der Waals surface area (Å²) < 4.78 is 5.17. The minimum atomic E-state index is 0.321. The van der Waals surface area contributed by atoms with E-state index >= 15 is 0 Å². The Morgan fingerprint density at radius 2 is 1.86 bits per heavy atom. The molecule has 0 spiro atoms. The molecule has 21 heavy (non-hydrogen) atoms. The van der Waals surface area contributed by atoms with Crippen molar-refractivity contribution in [2.75, 3.05) is 66.1 Å². The molecule has 0 aromatic heterocycles. The number of hydrogen-bond donors (Lipinski definition) is 0. The van der Waals surface area contributed by atoms with Gasteiger partial charge in [0.1, 0.15) is 0 Å². The number of methoxy groups -OCH3 is 1. The monoisotopic (exact) mass is 297 g/mol. The van der Waals surface area contributed by atoms with E-state index in [0.29, 0.717) is 18.4 Å². The highest BCUT2D eigenvalue weighted by molar-refractivity contribution is 5.78. The molecular weight excluding hydrogens is 266 g/mol. The largest absolute Gasteiger partial charge is 0.385 e. The molecule has 0 aromatic rings. The van der Waals surface area contributed by atoms with Crippen molar-refractivity contribution in [3.05, 3.63) is 0 Å². The highest BCUT2D eigenvalue weighted by atomic mass is 16.5. The van der Waals surface area contributed by atoms with Gasteiger partial charge < -0.3 is 14.5 Å². The maximum Gasteiger partial charge on any atom is 0.236 e. The highest BCUT2D eigenvalue weighted by Gasteiger charge is 2.25. The SMILES string of the molecule is CCN1CCN(CC(=O)N2CCC[C@H](CCOC)C2)CC1. The topological polar surface area (TPSA) is 36.0 Å². The average molecular weight is 297 g/mol. The molecule has 2 rings (SSSR count). The third-order valence-corrected chi connectivity index (χ3v) is 4.87. The molecule has 1 amide bonds. The molecule has 0 aliphatic carbocycles. The van der Waals surface area contributed by atoms with Crippen LogP contribution in [0.4, 0.5) is 0 Å². The number of piperidine rings is 1. The smallest absolute Gasteiger partial charge is 0.236 e. The van der Waals surface area contributed by atoms with Gasteiger partial charge in [0.25, 0.3) is 0 Å². The van der Waals surface area contributed by atoms with Gasteiger partial charge >= 0.3 is 0 Å². The fourth-order valence-corrected chi connectivity index (χ4v) is 3.37. The lowest BCUT2D eigenvalue weighted by Crippen LogP contribution is -2.51. The molecule has 5 heteroatoms. The minimum Gasteiger partial charge on any atom is -0.385 e. The van der Waals surface area contributed by atoms with Gasteiger partial charge in [-0.25, -0.2) is 0 Å². The fraction of sp³-hybridized carbons (Fsp3) is 0.938. The molecule has 122 valence electrons. The Labute approximate surface area is 129 Å². The normalized spacial score (nSPS) is 25.2. The zero-order valence-electron chi connectivity index (χ0n) is 13.7. The molecule has 0 N–H and O–H groups in total. The first kappa shape index (κ1) is 16.7. The molecule has 2 heterocycles. The van der Waals surface area contributed by atoms with Crippen LogP contribution >= 0.6 is 0 Å². The van der Waals surface area contributed by atoms with Crippen LogP contribution in [0.15, 0.2) is 0 Å². The Morgan fingerprint density at radius 1 is 1.14 bits per heavy atom.